The van der Waals surface area contributed by atoms with Crippen molar-refractivity contribution in [3.05, 3.63) is 211 Å². The number of hydrogen-bond acceptors (Lipinski definition) is 3. The highest BCUT2D eigenvalue weighted by molar-refractivity contribution is 6.21. The molecule has 4 nitrogen and oxygen atoms in total. The predicted octanol–water partition coefficient (Wildman–Crippen LogP) is 13.1. The molecule has 10 aromatic rings. The van der Waals surface area contributed by atoms with Crippen LogP contribution in [-0.4, -0.2) is 19.5 Å². The van der Waals surface area contributed by atoms with Crippen LogP contribution in [0.15, 0.2) is 194 Å². The maximum Gasteiger partial charge on any atom is 0.164 e. The number of aromatic nitrogens is 4. The molecule has 2 aromatic heterocycles. The van der Waals surface area contributed by atoms with Gasteiger partial charge in [-0.2, -0.15) is 0 Å². The molecule has 11 rings (SSSR count). The number of hydrogen-bond donors (Lipinski definition) is 0. The monoisotopic (exact) mass is 728 g/mol. The number of para-hydroxylation sites is 1. The predicted molar refractivity (Wildman–Crippen MR) is 235 cm³/mol. The van der Waals surface area contributed by atoms with Crippen molar-refractivity contribution in [2.75, 3.05) is 0 Å². The molecule has 0 saturated carbocycles. The molecule has 0 fully saturated rings. The zero-order valence-corrected chi connectivity index (χ0v) is 31.1. The summed E-state index contributed by atoms with van der Waals surface area (Å²) in [6.45, 7) is 0. The van der Waals surface area contributed by atoms with Gasteiger partial charge in [0.2, 0.25) is 0 Å². The summed E-state index contributed by atoms with van der Waals surface area (Å²) in [6, 6.07) is 66.8. The number of rotatable bonds is 6. The fraction of sp³-hybridized carbons (Fsp3) is 0.0377. The van der Waals surface area contributed by atoms with Crippen LogP contribution in [0.4, 0.5) is 0 Å². The van der Waals surface area contributed by atoms with Crippen molar-refractivity contribution in [1.29, 1.82) is 0 Å². The first-order valence-electron chi connectivity index (χ1n) is 19.5. The van der Waals surface area contributed by atoms with Crippen LogP contribution >= 0.6 is 0 Å². The van der Waals surface area contributed by atoms with E-state index in [9.17, 15) is 0 Å². The normalized spacial score (nSPS) is 13.6. The van der Waals surface area contributed by atoms with Gasteiger partial charge >= 0.3 is 0 Å². The van der Waals surface area contributed by atoms with E-state index in [0.29, 0.717) is 23.4 Å². The summed E-state index contributed by atoms with van der Waals surface area (Å²) < 4.78 is 2.38. The van der Waals surface area contributed by atoms with Crippen molar-refractivity contribution in [2.45, 2.75) is 12.3 Å². The fourth-order valence-electron chi connectivity index (χ4n) is 8.55. The molecule has 0 saturated heterocycles. The lowest BCUT2D eigenvalue weighted by atomic mass is 9.84. The third-order valence-corrected chi connectivity index (χ3v) is 11.4. The Hall–Kier alpha value is -7.43. The highest BCUT2D eigenvalue weighted by Crippen LogP contribution is 2.40. The zero-order chi connectivity index (χ0) is 37.7. The van der Waals surface area contributed by atoms with Gasteiger partial charge < -0.3 is 4.57 Å². The van der Waals surface area contributed by atoms with Crippen LogP contribution in [0.25, 0.3) is 89.6 Å². The first-order chi connectivity index (χ1) is 28.2. The second-order valence-corrected chi connectivity index (χ2v) is 14.8. The van der Waals surface area contributed by atoms with Gasteiger partial charge in [-0.3, -0.25) is 0 Å². The maximum atomic E-state index is 5.04. The molecular formula is C53H36N4. The molecule has 268 valence electrons. The van der Waals surface area contributed by atoms with E-state index in [1.54, 1.807) is 0 Å². The van der Waals surface area contributed by atoms with Gasteiger partial charge in [0.05, 0.1) is 11.0 Å². The quantitative estimate of drug-likeness (QED) is 0.171. The molecule has 57 heavy (non-hydrogen) atoms. The van der Waals surface area contributed by atoms with E-state index >= 15 is 0 Å². The molecule has 1 unspecified atom stereocenters. The lowest BCUT2D eigenvalue weighted by molar-refractivity contribution is 0.827. The van der Waals surface area contributed by atoms with Gasteiger partial charge in [-0.15, -0.1) is 0 Å². The van der Waals surface area contributed by atoms with Crippen LogP contribution < -0.4 is 0 Å². The number of allylic oxidation sites excluding steroid dienone is 1. The Kier molecular flexibility index (Phi) is 7.92. The molecule has 8 aromatic carbocycles. The molecule has 1 aliphatic rings. The van der Waals surface area contributed by atoms with Crippen LogP contribution in [-0.2, 0) is 6.42 Å². The molecule has 2 heterocycles. The molecule has 0 N–H and O–H groups in total. The van der Waals surface area contributed by atoms with Gasteiger partial charge in [-0.1, -0.05) is 170 Å². The zero-order valence-electron chi connectivity index (χ0n) is 31.1. The molecule has 1 aliphatic carbocycles. The lowest BCUT2D eigenvalue weighted by Gasteiger charge is -2.21. The Morgan fingerprint density at radius 3 is 1.81 bits per heavy atom. The van der Waals surface area contributed by atoms with E-state index in [4.69, 9.17) is 15.0 Å². The summed E-state index contributed by atoms with van der Waals surface area (Å²) in [5.41, 5.74) is 12.7. The topological polar surface area (TPSA) is 43.6 Å². The SMILES string of the molecule is C1=CC(c2ccccc2)Cc2cc(-c3ccc4ccc5c(c4c3)c3ccccc3n5-c3cccc(-c4nc(-c5ccccc5)nc(-c5ccccc5)n4)c3)ccc21. The minimum absolute atomic E-state index is 0.386. The second kappa shape index (κ2) is 13.7. The molecule has 0 bridgehead atoms. The third kappa shape index (κ3) is 5.90. The third-order valence-electron chi connectivity index (χ3n) is 11.4. The minimum Gasteiger partial charge on any atom is -0.309 e. The number of benzene rings is 8. The molecule has 0 aliphatic heterocycles. The van der Waals surface area contributed by atoms with Crippen molar-refractivity contribution >= 4 is 38.7 Å². The Bertz CT molecular complexity index is 3090. The average Bonchev–Trinajstić information content (AvgIpc) is 3.64. The molecular weight excluding hydrogens is 693 g/mol. The average molecular weight is 729 g/mol. The van der Waals surface area contributed by atoms with E-state index in [0.717, 1.165) is 39.8 Å². The largest absolute Gasteiger partial charge is 0.309 e. The molecule has 0 radical (unpaired) electrons. The molecule has 0 spiro atoms. The van der Waals surface area contributed by atoms with Gasteiger partial charge in [-0.05, 0) is 75.3 Å². The highest BCUT2D eigenvalue weighted by Gasteiger charge is 2.19. The summed E-state index contributed by atoms with van der Waals surface area (Å²) in [7, 11) is 0. The van der Waals surface area contributed by atoms with E-state index in [1.807, 2.05) is 60.7 Å². The Labute approximate surface area is 331 Å². The van der Waals surface area contributed by atoms with Gasteiger partial charge in [-0.25, -0.2) is 15.0 Å². The van der Waals surface area contributed by atoms with Crippen LogP contribution in [0, 0.1) is 0 Å². The van der Waals surface area contributed by atoms with Crippen LogP contribution in [0.3, 0.4) is 0 Å². The first kappa shape index (κ1) is 33.0. The lowest BCUT2D eigenvalue weighted by Crippen LogP contribution is -2.05. The van der Waals surface area contributed by atoms with Crippen LogP contribution in [0.2, 0.25) is 0 Å². The summed E-state index contributed by atoms with van der Waals surface area (Å²) >= 11 is 0. The van der Waals surface area contributed by atoms with Crippen LogP contribution in [0.5, 0.6) is 0 Å². The smallest absolute Gasteiger partial charge is 0.164 e. The minimum atomic E-state index is 0.386. The Balaban J connectivity index is 1.04. The van der Waals surface area contributed by atoms with E-state index in [-0.39, 0.29) is 0 Å². The fourth-order valence-corrected chi connectivity index (χ4v) is 8.55. The second-order valence-electron chi connectivity index (χ2n) is 14.8. The Morgan fingerprint density at radius 1 is 0.439 bits per heavy atom. The van der Waals surface area contributed by atoms with Crippen molar-refractivity contribution in [1.82, 2.24) is 19.5 Å². The first-order valence-corrected chi connectivity index (χ1v) is 19.5. The van der Waals surface area contributed by atoms with E-state index < -0.39 is 0 Å². The van der Waals surface area contributed by atoms with Gasteiger partial charge in [0.1, 0.15) is 0 Å². The Morgan fingerprint density at radius 2 is 1.05 bits per heavy atom. The van der Waals surface area contributed by atoms with Crippen molar-refractivity contribution in [2.24, 2.45) is 0 Å². The molecule has 1 atom stereocenters. The number of nitrogens with zero attached hydrogens (tertiary/aromatic N) is 4. The summed E-state index contributed by atoms with van der Waals surface area (Å²) in [5.74, 6) is 2.32. The maximum absolute atomic E-state index is 5.04. The molecule has 4 heteroatoms. The number of fused-ring (bicyclic) bond motifs is 6. The summed E-state index contributed by atoms with van der Waals surface area (Å²) in [5, 5.41) is 4.94. The van der Waals surface area contributed by atoms with Gasteiger partial charge in [0.15, 0.2) is 17.5 Å². The summed E-state index contributed by atoms with van der Waals surface area (Å²) in [4.78, 5) is 15.0. The van der Waals surface area contributed by atoms with Crippen LogP contribution in [0.1, 0.15) is 22.6 Å². The highest BCUT2D eigenvalue weighted by atomic mass is 15.0. The summed E-state index contributed by atoms with van der Waals surface area (Å²) in [6.07, 6.45) is 5.64. The standard InChI is InChI=1S/C53H36N4/c1-4-13-35(14-5-1)40-26-23-36-24-27-41(32-44(36)31-40)42-28-25-37-29-30-49-50(47(37)34-42)46-21-10-11-22-48(46)57(49)45-20-12-19-43(33-45)53-55-51(38-15-6-2-7-16-38)54-52(56-53)39-17-8-3-9-18-39/h1-30,32-34,40H,31H2. The van der Waals surface area contributed by atoms with Crippen molar-refractivity contribution in [3.63, 3.8) is 0 Å². The van der Waals surface area contributed by atoms with Gasteiger partial charge in [0.25, 0.3) is 0 Å². The van der Waals surface area contributed by atoms with Gasteiger partial charge in [0, 0.05) is 39.1 Å². The van der Waals surface area contributed by atoms with Crippen molar-refractivity contribution in [3.8, 4) is 51.0 Å². The van der Waals surface area contributed by atoms with E-state index in [1.165, 1.54) is 49.4 Å². The van der Waals surface area contributed by atoms with E-state index in [2.05, 4.69) is 144 Å². The molecule has 0 amide bonds. The van der Waals surface area contributed by atoms with Crippen molar-refractivity contribution < 1.29 is 0 Å².